The van der Waals surface area contributed by atoms with E-state index in [2.05, 4.69) is 0 Å². The lowest BCUT2D eigenvalue weighted by Gasteiger charge is -2.28. The molecular formula is C15H28O6. The van der Waals surface area contributed by atoms with Gasteiger partial charge in [-0.1, -0.05) is 13.8 Å². The molecule has 0 radical (unpaired) electrons. The summed E-state index contributed by atoms with van der Waals surface area (Å²) in [5, 5.41) is 18.2. The summed E-state index contributed by atoms with van der Waals surface area (Å²) in [4.78, 5) is 23.5. The Kier molecular flexibility index (Phi) is 6.83. The predicted octanol–water partition coefficient (Wildman–Crippen LogP) is 1.14. The van der Waals surface area contributed by atoms with Gasteiger partial charge in [-0.3, -0.25) is 9.59 Å². The fraction of sp³-hybridized carbons (Fsp3) is 0.867. The third-order valence-electron chi connectivity index (χ3n) is 3.08. The topological polar surface area (TPSA) is 93.1 Å². The lowest BCUT2D eigenvalue weighted by Crippen LogP contribution is -2.37. The van der Waals surface area contributed by atoms with Crippen LogP contribution < -0.4 is 0 Å². The number of carbonyl (C=O) groups excluding carboxylic acids is 2. The van der Waals surface area contributed by atoms with Crippen molar-refractivity contribution in [1.29, 1.82) is 0 Å². The number of esters is 2. The molecule has 6 heteroatoms. The maximum Gasteiger partial charge on any atom is 0.313 e. The van der Waals surface area contributed by atoms with E-state index in [-0.39, 0.29) is 26.4 Å². The molecule has 0 aromatic rings. The second-order valence-corrected chi connectivity index (χ2v) is 7.40. The first-order chi connectivity index (χ1) is 9.38. The van der Waals surface area contributed by atoms with E-state index in [1.54, 1.807) is 41.5 Å². The van der Waals surface area contributed by atoms with Gasteiger partial charge in [0, 0.05) is 5.41 Å². The lowest BCUT2D eigenvalue weighted by molar-refractivity contribution is -0.165. The average Bonchev–Trinajstić information content (AvgIpc) is 2.42. The number of carbonyl (C=O) groups is 2. The number of aliphatic hydroxyl groups is 2. The zero-order chi connectivity index (χ0) is 16.9. The zero-order valence-corrected chi connectivity index (χ0v) is 13.9. The molecule has 0 aromatic heterocycles. The van der Waals surface area contributed by atoms with Crippen molar-refractivity contribution in [2.24, 2.45) is 16.2 Å². The van der Waals surface area contributed by atoms with E-state index in [9.17, 15) is 9.59 Å². The molecule has 0 fully saturated rings. The van der Waals surface area contributed by atoms with Gasteiger partial charge in [0.15, 0.2) is 0 Å². The van der Waals surface area contributed by atoms with Gasteiger partial charge >= 0.3 is 11.9 Å². The quantitative estimate of drug-likeness (QED) is 0.653. The Morgan fingerprint density at radius 1 is 0.762 bits per heavy atom. The molecule has 6 nitrogen and oxygen atoms in total. The molecule has 0 heterocycles. The summed E-state index contributed by atoms with van der Waals surface area (Å²) in [7, 11) is 0. The van der Waals surface area contributed by atoms with E-state index < -0.39 is 28.2 Å². The highest BCUT2D eigenvalue weighted by atomic mass is 16.6. The van der Waals surface area contributed by atoms with Crippen molar-refractivity contribution in [3.8, 4) is 0 Å². The molecule has 0 saturated heterocycles. The maximum absolute atomic E-state index is 11.8. The Bertz CT molecular complexity index is 336. The number of hydrogen-bond acceptors (Lipinski definition) is 6. The van der Waals surface area contributed by atoms with Gasteiger partial charge in [0.05, 0.1) is 37.3 Å². The minimum atomic E-state index is -0.953. The van der Waals surface area contributed by atoms with Crippen LogP contribution in [0.15, 0.2) is 0 Å². The average molecular weight is 304 g/mol. The molecule has 0 aliphatic carbocycles. The Morgan fingerprint density at radius 3 is 1.29 bits per heavy atom. The SMILES string of the molecule is CC(C)(COC(=O)C(C)(C)CO)COC(=O)C(C)(C)CO. The molecular weight excluding hydrogens is 276 g/mol. The Balaban J connectivity index is 4.40. The number of aliphatic hydroxyl groups excluding tert-OH is 2. The van der Waals surface area contributed by atoms with E-state index in [0.29, 0.717) is 0 Å². The minimum Gasteiger partial charge on any atom is -0.465 e. The predicted molar refractivity (Wildman–Crippen MR) is 77.4 cm³/mol. The van der Waals surface area contributed by atoms with Crippen molar-refractivity contribution in [2.45, 2.75) is 41.5 Å². The van der Waals surface area contributed by atoms with Crippen LogP contribution in [0.1, 0.15) is 41.5 Å². The molecule has 0 rings (SSSR count). The van der Waals surface area contributed by atoms with E-state index in [4.69, 9.17) is 19.7 Å². The van der Waals surface area contributed by atoms with Crippen LogP contribution in [-0.2, 0) is 19.1 Å². The molecule has 0 aliphatic heterocycles. The first-order valence-corrected chi connectivity index (χ1v) is 6.94. The number of rotatable bonds is 8. The van der Waals surface area contributed by atoms with Crippen LogP contribution in [0.4, 0.5) is 0 Å². The van der Waals surface area contributed by atoms with Crippen molar-refractivity contribution < 1.29 is 29.3 Å². The van der Waals surface area contributed by atoms with Crippen molar-refractivity contribution in [3.63, 3.8) is 0 Å². The standard InChI is InChI=1S/C15H28O6/c1-13(2,9-20-11(18)14(3,4)7-16)10-21-12(19)15(5,6)8-17/h16-17H,7-10H2,1-6H3. The van der Waals surface area contributed by atoms with Crippen molar-refractivity contribution in [1.82, 2.24) is 0 Å². The summed E-state index contributed by atoms with van der Waals surface area (Å²) in [5.41, 5.74) is -2.46. The van der Waals surface area contributed by atoms with Crippen LogP contribution in [0, 0.1) is 16.2 Å². The van der Waals surface area contributed by atoms with Crippen LogP contribution in [-0.4, -0.2) is 48.6 Å². The Labute approximate surface area is 126 Å². The van der Waals surface area contributed by atoms with Gasteiger partial charge in [-0.15, -0.1) is 0 Å². The summed E-state index contributed by atoms with van der Waals surface area (Å²) in [6.07, 6.45) is 0. The molecule has 2 N–H and O–H groups in total. The third-order valence-corrected chi connectivity index (χ3v) is 3.08. The van der Waals surface area contributed by atoms with Crippen LogP contribution >= 0.6 is 0 Å². The molecule has 0 amide bonds. The van der Waals surface area contributed by atoms with E-state index in [1.165, 1.54) is 0 Å². The molecule has 0 atom stereocenters. The summed E-state index contributed by atoms with van der Waals surface area (Å²) >= 11 is 0. The van der Waals surface area contributed by atoms with Gasteiger partial charge in [0.25, 0.3) is 0 Å². The van der Waals surface area contributed by atoms with E-state index in [0.717, 1.165) is 0 Å². The highest BCUT2D eigenvalue weighted by Gasteiger charge is 2.33. The second kappa shape index (κ2) is 7.22. The van der Waals surface area contributed by atoms with Crippen LogP contribution in [0.2, 0.25) is 0 Å². The third kappa shape index (κ3) is 6.44. The zero-order valence-electron chi connectivity index (χ0n) is 13.9. The molecule has 0 bridgehead atoms. The second-order valence-electron chi connectivity index (χ2n) is 7.40. The fourth-order valence-electron chi connectivity index (χ4n) is 1.08. The molecule has 0 aromatic carbocycles. The molecule has 21 heavy (non-hydrogen) atoms. The van der Waals surface area contributed by atoms with Crippen LogP contribution in [0.25, 0.3) is 0 Å². The first-order valence-electron chi connectivity index (χ1n) is 6.94. The molecule has 0 spiro atoms. The Hall–Kier alpha value is -1.14. The summed E-state index contributed by atoms with van der Waals surface area (Å²) in [6.45, 7) is 9.50. The summed E-state index contributed by atoms with van der Waals surface area (Å²) < 4.78 is 10.3. The van der Waals surface area contributed by atoms with Crippen LogP contribution in [0.3, 0.4) is 0 Å². The highest BCUT2D eigenvalue weighted by molar-refractivity contribution is 5.76. The largest absolute Gasteiger partial charge is 0.465 e. The van der Waals surface area contributed by atoms with Gasteiger partial charge in [0.1, 0.15) is 0 Å². The normalized spacial score (nSPS) is 13.0. The lowest BCUT2D eigenvalue weighted by atomic mass is 9.93. The minimum absolute atomic E-state index is 0.0715. The van der Waals surface area contributed by atoms with Crippen molar-refractivity contribution in [2.75, 3.05) is 26.4 Å². The highest BCUT2D eigenvalue weighted by Crippen LogP contribution is 2.23. The maximum atomic E-state index is 11.8. The van der Waals surface area contributed by atoms with E-state index in [1.807, 2.05) is 0 Å². The monoisotopic (exact) mass is 304 g/mol. The van der Waals surface area contributed by atoms with Gasteiger partial charge in [-0.2, -0.15) is 0 Å². The van der Waals surface area contributed by atoms with Gasteiger partial charge in [-0.05, 0) is 27.7 Å². The molecule has 0 aliphatic rings. The first kappa shape index (κ1) is 19.9. The fourth-order valence-corrected chi connectivity index (χ4v) is 1.08. The number of hydrogen-bond donors (Lipinski definition) is 2. The van der Waals surface area contributed by atoms with Gasteiger partial charge < -0.3 is 19.7 Å². The molecule has 0 saturated carbocycles. The van der Waals surface area contributed by atoms with E-state index >= 15 is 0 Å². The Morgan fingerprint density at radius 2 is 1.05 bits per heavy atom. The van der Waals surface area contributed by atoms with Crippen molar-refractivity contribution in [3.05, 3.63) is 0 Å². The summed E-state index contributed by atoms with van der Waals surface area (Å²) in [6, 6.07) is 0. The van der Waals surface area contributed by atoms with Crippen molar-refractivity contribution >= 4 is 11.9 Å². The smallest absolute Gasteiger partial charge is 0.313 e. The van der Waals surface area contributed by atoms with Gasteiger partial charge in [-0.25, -0.2) is 0 Å². The summed E-state index contributed by atoms with van der Waals surface area (Å²) in [5.74, 6) is -1.000. The van der Waals surface area contributed by atoms with Gasteiger partial charge in [0.2, 0.25) is 0 Å². The van der Waals surface area contributed by atoms with Crippen LogP contribution in [0.5, 0.6) is 0 Å². The number of ether oxygens (including phenoxy) is 2. The molecule has 0 unspecified atom stereocenters. The molecule has 124 valence electrons.